The zero-order valence-electron chi connectivity index (χ0n) is 52.5. The number of hydrogen-bond acceptors (Lipinski definition) is 17. The number of aliphatic hydroxyl groups is 1. The van der Waals surface area contributed by atoms with Crippen LogP contribution in [0.4, 0.5) is 21.0 Å². The smallest absolute Gasteiger partial charge is 0.409 e. The number of likely N-dealkylation sites (N-methyl/N-ethyl adjacent to an activating group) is 1. The number of benzene rings is 2. The molecule has 3 heterocycles. The van der Waals surface area contributed by atoms with Crippen molar-refractivity contribution < 1.29 is 81.8 Å². The molecule has 2 aromatic carbocycles. The summed E-state index contributed by atoms with van der Waals surface area (Å²) >= 11 is 10.0. The van der Waals surface area contributed by atoms with E-state index in [-0.39, 0.29) is 59.4 Å². The Morgan fingerprint density at radius 2 is 1.74 bits per heavy atom. The number of phenols is 1. The van der Waals surface area contributed by atoms with Crippen LogP contribution in [0.2, 0.25) is 5.02 Å². The summed E-state index contributed by atoms with van der Waals surface area (Å²) in [5.41, 5.74) is 2.97. The number of phenolic OH excluding ortho intramolecular Hbond substituents is 1. The Morgan fingerprint density at radius 1 is 1.04 bits per heavy atom. The number of aromatic hydroxyl groups is 1. The second-order valence-electron chi connectivity index (χ2n) is 23.9. The van der Waals surface area contributed by atoms with E-state index >= 15 is 0 Å². The summed E-state index contributed by atoms with van der Waals surface area (Å²) in [5.74, 6) is -6.09. The van der Waals surface area contributed by atoms with Crippen LogP contribution in [-0.2, 0) is 58.9 Å². The molecule has 27 heteroatoms. The number of carbonyl (C=O) groups excluding carboxylic acids is 9. The van der Waals surface area contributed by atoms with Gasteiger partial charge in [0.05, 0.1) is 31.0 Å². The number of rotatable bonds is 24. The molecule has 3 aliphatic heterocycles. The lowest BCUT2D eigenvalue weighted by molar-refractivity contribution is -0.158. The number of esters is 2. The number of nitrogens with one attached hydrogen (secondary N) is 5. The molecule has 2 saturated heterocycles. The molecule has 0 spiro atoms. The van der Waals surface area contributed by atoms with Crippen LogP contribution in [0, 0.1) is 11.8 Å². The minimum Gasteiger partial charge on any atom is -0.506 e. The van der Waals surface area contributed by atoms with Gasteiger partial charge in [0.2, 0.25) is 23.6 Å². The van der Waals surface area contributed by atoms with Crippen LogP contribution < -0.4 is 42.0 Å². The summed E-state index contributed by atoms with van der Waals surface area (Å²) in [7, 11) is 5.66. The van der Waals surface area contributed by atoms with Crippen LogP contribution >= 0.6 is 27.5 Å². The maximum absolute atomic E-state index is 14.5. The minimum atomic E-state index is -1.93. The zero-order chi connectivity index (χ0) is 66.5. The number of hydrogen-bond donors (Lipinski definition) is 8. The van der Waals surface area contributed by atoms with Gasteiger partial charge in [-0.3, -0.25) is 29.3 Å². The van der Waals surface area contributed by atoms with E-state index in [2.05, 4.69) is 49.1 Å². The number of methoxy groups -OCH3 is 2. The normalized spacial score (nSPS) is 23.9. The number of nitrogens with zero attached hydrogens (tertiary/aromatic N) is 2. The van der Waals surface area contributed by atoms with Crippen LogP contribution in [-0.4, -0.2) is 168 Å². The summed E-state index contributed by atoms with van der Waals surface area (Å²) in [6.45, 7) is 17.3. The molecular formula is C62H86BrClN8O17. The van der Waals surface area contributed by atoms with Gasteiger partial charge in [0.25, 0.3) is 5.91 Å². The zero-order valence-corrected chi connectivity index (χ0v) is 54.9. The van der Waals surface area contributed by atoms with Gasteiger partial charge in [-0.15, -0.1) is 0 Å². The SMILES string of the molecule is C=C(CBr)C(=O)OC(C)(C)CCCCC(=O)N[C@H](C(=O)N[C@@H](CCCNC(N)=O)C(=O)Nc1ccc(C(=O)N(C)[C@@H](C)C(=O)O[C@H]2CC(=O)N(C)c3cc(cc(OC)c3Cl)C/C(C)=C/C=C/[C@@H](OC)[C@@]3(O)C[C@H](OC(=O)N3)[C@@H](C)[C@@H]3O[C@@]23C)cc1O)C(C)C. The Bertz CT molecular complexity index is 3050. The number of fused-ring (bicyclic) bond motifs is 5. The monoisotopic (exact) mass is 1330 g/mol. The molecule has 2 aromatic rings. The second kappa shape index (κ2) is 31.5. The number of allylic oxidation sites excluding steroid dienone is 3. The van der Waals surface area contributed by atoms with E-state index in [1.54, 1.807) is 65.8 Å². The van der Waals surface area contributed by atoms with Crippen LogP contribution in [0.25, 0.3) is 0 Å². The molecule has 9 N–H and O–H groups in total. The van der Waals surface area contributed by atoms with Gasteiger partial charge in [0.1, 0.15) is 64.2 Å². The van der Waals surface area contributed by atoms with Gasteiger partial charge in [-0.05, 0) is 115 Å². The third-order valence-electron chi connectivity index (χ3n) is 16.1. The van der Waals surface area contributed by atoms with Gasteiger partial charge in [-0.1, -0.05) is 78.7 Å². The first-order valence-corrected chi connectivity index (χ1v) is 30.8. The van der Waals surface area contributed by atoms with E-state index in [9.17, 15) is 53.4 Å². The number of primary amides is 1. The number of amides is 8. The number of unbranched alkanes of at least 4 members (excludes halogenated alkanes) is 1. The van der Waals surface area contributed by atoms with Crippen molar-refractivity contribution in [2.75, 3.05) is 50.4 Å². The van der Waals surface area contributed by atoms with E-state index in [4.69, 9.17) is 45.8 Å². The van der Waals surface area contributed by atoms with Crippen LogP contribution in [0.3, 0.4) is 0 Å². The third-order valence-corrected chi connectivity index (χ3v) is 17.1. The van der Waals surface area contributed by atoms with Gasteiger partial charge in [-0.2, -0.15) is 0 Å². The van der Waals surface area contributed by atoms with Crippen molar-refractivity contribution in [2.45, 2.75) is 173 Å². The van der Waals surface area contributed by atoms with Crippen molar-refractivity contribution >= 4 is 92.5 Å². The number of epoxide rings is 1. The number of urea groups is 1. The highest BCUT2D eigenvalue weighted by molar-refractivity contribution is 9.09. The average Bonchev–Trinajstić information content (AvgIpc) is 1.59. The molecule has 25 nitrogen and oxygen atoms in total. The molecule has 3 aliphatic rings. The fourth-order valence-electron chi connectivity index (χ4n) is 10.5. The quantitative estimate of drug-likeness (QED) is 0.0107. The largest absolute Gasteiger partial charge is 0.506 e. The van der Waals surface area contributed by atoms with Gasteiger partial charge in [0, 0.05) is 63.0 Å². The molecule has 0 aromatic heterocycles. The summed E-state index contributed by atoms with van der Waals surface area (Å²) in [6, 6.07) is 2.56. The van der Waals surface area contributed by atoms with Gasteiger partial charge < -0.3 is 75.4 Å². The van der Waals surface area contributed by atoms with Crippen molar-refractivity contribution in [3.63, 3.8) is 0 Å². The van der Waals surface area contributed by atoms with E-state index in [1.807, 2.05) is 13.0 Å². The second-order valence-corrected chi connectivity index (χ2v) is 24.9. The predicted octanol–water partition coefficient (Wildman–Crippen LogP) is 6.38. The van der Waals surface area contributed by atoms with Gasteiger partial charge in [-0.25, -0.2) is 19.2 Å². The molecule has 0 radical (unpaired) electrons. The summed E-state index contributed by atoms with van der Waals surface area (Å²) in [5, 5.41) is 36.6. The fraction of sp³-hybridized carbons (Fsp3) is 0.565. The van der Waals surface area contributed by atoms with Crippen LogP contribution in [0.1, 0.15) is 123 Å². The van der Waals surface area contributed by atoms with E-state index in [0.29, 0.717) is 37.1 Å². The number of alkyl carbamates (subject to hydrolysis) is 1. The van der Waals surface area contributed by atoms with Crippen LogP contribution in [0.15, 0.2) is 66.3 Å². The molecule has 4 bridgehead atoms. The number of alkyl halides is 1. The average molecular weight is 1330 g/mol. The minimum absolute atomic E-state index is 0.0345. The Labute approximate surface area is 532 Å². The summed E-state index contributed by atoms with van der Waals surface area (Å²) in [6.07, 6.45) is 1.39. The van der Waals surface area contributed by atoms with E-state index in [0.717, 1.165) is 22.1 Å². The number of carbonyl (C=O) groups is 9. The van der Waals surface area contributed by atoms with Gasteiger partial charge in [0.15, 0.2) is 5.72 Å². The molecule has 0 unspecified atom stereocenters. The Kier molecular flexibility index (Phi) is 25.6. The predicted molar refractivity (Wildman–Crippen MR) is 334 cm³/mol. The Morgan fingerprint density at radius 3 is 2.37 bits per heavy atom. The number of halogens is 2. The maximum atomic E-state index is 14.5. The van der Waals surface area contributed by atoms with E-state index < -0.39 is 137 Å². The molecule has 0 aliphatic carbocycles. The number of anilines is 2. The molecule has 490 valence electrons. The van der Waals surface area contributed by atoms with Crippen molar-refractivity contribution in [2.24, 2.45) is 17.6 Å². The lowest BCUT2D eigenvalue weighted by Crippen LogP contribution is -2.63. The molecule has 0 saturated carbocycles. The Hall–Kier alpha value is -7.26. The molecular weight excluding hydrogens is 1240 g/mol. The fourth-order valence-corrected chi connectivity index (χ4v) is 11.0. The first kappa shape index (κ1) is 72.5. The topological polar surface area (TPSA) is 345 Å². The first-order valence-electron chi connectivity index (χ1n) is 29.3. The molecule has 89 heavy (non-hydrogen) atoms. The molecule has 5 rings (SSSR count). The van der Waals surface area contributed by atoms with Gasteiger partial charge >= 0.3 is 24.1 Å². The van der Waals surface area contributed by atoms with Crippen molar-refractivity contribution in [1.29, 1.82) is 0 Å². The van der Waals surface area contributed by atoms with Crippen molar-refractivity contribution in [1.82, 2.24) is 26.2 Å². The maximum Gasteiger partial charge on any atom is 0.409 e. The highest BCUT2D eigenvalue weighted by atomic mass is 79.9. The molecule has 2 fully saturated rings. The summed E-state index contributed by atoms with van der Waals surface area (Å²) < 4.78 is 35.0. The lowest BCUT2D eigenvalue weighted by atomic mass is 9.83. The van der Waals surface area contributed by atoms with Crippen molar-refractivity contribution in [3.05, 3.63) is 82.4 Å². The number of ether oxygens (including phenoxy) is 6. The van der Waals surface area contributed by atoms with E-state index in [1.165, 1.54) is 52.3 Å². The standard InChI is InChI=1S/C62H86BrClN8O17/c1-33(2)51(69-48(74)21-14-15-24-60(7,8)89-56(79)35(4)32-63)54(77)68-41(19-17-25-66-58(65)81)53(76)67-40-23-22-39(29-43(40)73)55(78)71(10)37(6)57(80)87-47-30-49(75)72(11)42-27-38(28-44(84-12)50(42)64)26-34(3)18-16-20-46(85-13)62(83)31-45(86-59(82)70-62)36(5)52-61(47,9)88-52/h16,18,20,22-23,27-29,33,36-37,41,45-47,51-52,73,83H,4,14-15,17,19,21,24-26,30-32H2,1-3,5-13H3,(H,67,76)(H,68,77)(H,69,74)(H,70,82)(H3,65,66,81)/b20-16+,34-18+/t36-,37+,41+,45+,46-,47+,51+,52+,61+,62+/m1/s1. The summed E-state index contributed by atoms with van der Waals surface area (Å²) in [4.78, 5) is 123. The first-order chi connectivity index (χ1) is 41.7. The molecule has 8 amide bonds. The molecule has 10 atom stereocenters. The van der Waals surface area contributed by atoms with Crippen molar-refractivity contribution in [3.8, 4) is 11.5 Å². The highest BCUT2D eigenvalue weighted by Crippen LogP contribution is 2.49. The Balaban J connectivity index is 1.32. The number of nitrogens with two attached hydrogens (primary N) is 1. The third kappa shape index (κ3) is 19.4. The lowest BCUT2D eigenvalue weighted by Gasteiger charge is -2.42. The highest BCUT2D eigenvalue weighted by Gasteiger charge is 2.64. The van der Waals surface area contributed by atoms with Crippen LogP contribution in [0.5, 0.6) is 11.5 Å².